The van der Waals surface area contributed by atoms with E-state index in [4.69, 9.17) is 22.4 Å². The maximum Gasteiger partial charge on any atom is 0.255 e. The van der Waals surface area contributed by atoms with Crippen LogP contribution in [0, 0.1) is 5.82 Å². The largest absolute Gasteiger partial charge is 0.505 e. The molecule has 2 aromatic carbocycles. The average molecular weight is 281 g/mol. The first-order valence-electron chi connectivity index (χ1n) is 5.32. The van der Waals surface area contributed by atoms with Gasteiger partial charge in [-0.3, -0.25) is 4.79 Å². The van der Waals surface area contributed by atoms with Gasteiger partial charge in [-0.05, 0) is 30.3 Å². The monoisotopic (exact) mass is 280 g/mol. The molecule has 0 radical (unpaired) electrons. The van der Waals surface area contributed by atoms with Crippen molar-refractivity contribution in [1.82, 2.24) is 0 Å². The van der Waals surface area contributed by atoms with Gasteiger partial charge in [0.1, 0.15) is 0 Å². The lowest BCUT2D eigenvalue weighted by atomic mass is 10.2. The topological polar surface area (TPSA) is 75.4 Å². The molecule has 4 N–H and O–H groups in total. The number of hydrogen-bond acceptors (Lipinski definition) is 3. The normalized spacial score (nSPS) is 10.2. The molecule has 0 aliphatic carbocycles. The van der Waals surface area contributed by atoms with E-state index in [-0.39, 0.29) is 11.4 Å². The van der Waals surface area contributed by atoms with Crippen molar-refractivity contribution in [3.05, 3.63) is 52.8 Å². The first-order valence-corrected chi connectivity index (χ1v) is 5.70. The number of halogens is 2. The van der Waals surface area contributed by atoms with E-state index < -0.39 is 17.5 Å². The second kappa shape index (κ2) is 5.16. The Morgan fingerprint density at radius 2 is 2.00 bits per heavy atom. The molecule has 0 saturated carbocycles. The van der Waals surface area contributed by atoms with E-state index in [9.17, 15) is 9.18 Å². The maximum absolute atomic E-state index is 13.1. The fourth-order valence-corrected chi connectivity index (χ4v) is 1.59. The van der Waals surface area contributed by atoms with Crippen molar-refractivity contribution < 1.29 is 14.3 Å². The first-order chi connectivity index (χ1) is 8.97. The molecule has 0 unspecified atom stereocenters. The van der Waals surface area contributed by atoms with Crippen LogP contribution in [-0.2, 0) is 0 Å². The zero-order valence-electron chi connectivity index (χ0n) is 9.65. The third-order valence-electron chi connectivity index (χ3n) is 2.46. The Kier molecular flexibility index (Phi) is 3.57. The van der Waals surface area contributed by atoms with Gasteiger partial charge in [0.05, 0.1) is 10.7 Å². The highest BCUT2D eigenvalue weighted by Gasteiger charge is 2.09. The average Bonchev–Trinajstić information content (AvgIpc) is 2.37. The zero-order valence-corrected chi connectivity index (χ0v) is 10.4. The molecule has 2 aromatic rings. The van der Waals surface area contributed by atoms with Gasteiger partial charge in [-0.15, -0.1) is 0 Å². The SMILES string of the molecule is Nc1cc(C(=O)Nc2ccc(O)c(F)c2)ccc1Cl. The van der Waals surface area contributed by atoms with Crippen LogP contribution in [0.3, 0.4) is 0 Å². The highest BCUT2D eigenvalue weighted by atomic mass is 35.5. The fourth-order valence-electron chi connectivity index (χ4n) is 1.47. The van der Waals surface area contributed by atoms with Gasteiger partial charge >= 0.3 is 0 Å². The van der Waals surface area contributed by atoms with Crippen molar-refractivity contribution in [2.75, 3.05) is 11.1 Å². The van der Waals surface area contributed by atoms with Crippen LogP contribution in [-0.4, -0.2) is 11.0 Å². The summed E-state index contributed by atoms with van der Waals surface area (Å²) in [6, 6.07) is 7.99. The number of carbonyl (C=O) groups is 1. The quantitative estimate of drug-likeness (QED) is 0.585. The number of rotatable bonds is 2. The Bertz CT molecular complexity index is 647. The summed E-state index contributed by atoms with van der Waals surface area (Å²) in [5, 5.41) is 11.9. The van der Waals surface area contributed by atoms with Gasteiger partial charge in [-0.2, -0.15) is 0 Å². The first kappa shape index (κ1) is 13.2. The van der Waals surface area contributed by atoms with Crippen molar-refractivity contribution in [3.63, 3.8) is 0 Å². The third-order valence-corrected chi connectivity index (χ3v) is 2.81. The molecule has 0 aliphatic rings. The predicted molar refractivity (Wildman–Crippen MR) is 71.9 cm³/mol. The van der Waals surface area contributed by atoms with Gasteiger partial charge in [0.15, 0.2) is 11.6 Å². The molecule has 4 nitrogen and oxygen atoms in total. The molecule has 0 saturated heterocycles. The smallest absolute Gasteiger partial charge is 0.255 e. The van der Waals surface area contributed by atoms with Crippen LogP contribution < -0.4 is 11.1 Å². The van der Waals surface area contributed by atoms with Crippen LogP contribution in [0.2, 0.25) is 5.02 Å². The molecule has 6 heteroatoms. The van der Waals surface area contributed by atoms with Crippen LogP contribution in [0.4, 0.5) is 15.8 Å². The van der Waals surface area contributed by atoms with E-state index >= 15 is 0 Å². The summed E-state index contributed by atoms with van der Waals surface area (Å²) in [5.74, 6) is -1.74. The number of nitrogens with two attached hydrogens (primary N) is 1. The molecule has 0 bridgehead atoms. The number of anilines is 2. The van der Waals surface area contributed by atoms with E-state index in [1.165, 1.54) is 24.3 Å². The van der Waals surface area contributed by atoms with Crippen LogP contribution >= 0.6 is 11.6 Å². The Morgan fingerprint density at radius 3 is 2.63 bits per heavy atom. The van der Waals surface area contributed by atoms with Crippen molar-refractivity contribution in [1.29, 1.82) is 0 Å². The Labute approximate surface area is 113 Å². The number of phenols is 1. The standard InChI is InChI=1S/C13H10ClFN2O2/c14-9-3-1-7(5-11(9)16)13(19)17-8-2-4-12(18)10(15)6-8/h1-6,18H,16H2,(H,17,19). The summed E-state index contributed by atoms with van der Waals surface area (Å²) in [6.45, 7) is 0. The lowest BCUT2D eigenvalue weighted by Crippen LogP contribution is -2.12. The van der Waals surface area contributed by atoms with Crippen LogP contribution in [0.1, 0.15) is 10.4 Å². The van der Waals surface area contributed by atoms with Crippen LogP contribution in [0.15, 0.2) is 36.4 Å². The molecule has 0 heterocycles. The van der Waals surface area contributed by atoms with E-state index in [2.05, 4.69) is 5.32 Å². The van der Waals surface area contributed by atoms with Crippen molar-refractivity contribution in [3.8, 4) is 5.75 Å². The number of benzene rings is 2. The molecular formula is C13H10ClFN2O2. The van der Waals surface area contributed by atoms with Crippen molar-refractivity contribution >= 4 is 28.9 Å². The fraction of sp³-hybridized carbons (Fsp3) is 0. The van der Waals surface area contributed by atoms with Gasteiger partial charge in [0, 0.05) is 17.3 Å². The Morgan fingerprint density at radius 1 is 1.26 bits per heavy atom. The third kappa shape index (κ3) is 2.95. The number of carbonyl (C=O) groups excluding carboxylic acids is 1. The zero-order chi connectivity index (χ0) is 14.0. The molecule has 2 rings (SSSR count). The van der Waals surface area contributed by atoms with E-state index in [1.54, 1.807) is 0 Å². The number of aromatic hydroxyl groups is 1. The second-order valence-electron chi connectivity index (χ2n) is 3.86. The summed E-state index contributed by atoms with van der Waals surface area (Å²) in [7, 11) is 0. The number of amides is 1. The second-order valence-corrected chi connectivity index (χ2v) is 4.26. The van der Waals surface area contributed by atoms with Gasteiger partial charge in [-0.1, -0.05) is 11.6 Å². The Hall–Kier alpha value is -2.27. The minimum atomic E-state index is -0.812. The molecule has 0 aromatic heterocycles. The van der Waals surface area contributed by atoms with Gasteiger partial charge in [0.25, 0.3) is 5.91 Å². The molecule has 0 fully saturated rings. The Balaban J connectivity index is 2.20. The van der Waals surface area contributed by atoms with E-state index in [1.807, 2.05) is 0 Å². The number of phenolic OH excluding ortho intramolecular Hbond substituents is 1. The highest BCUT2D eigenvalue weighted by Crippen LogP contribution is 2.22. The molecule has 19 heavy (non-hydrogen) atoms. The molecule has 1 amide bonds. The van der Waals surface area contributed by atoms with E-state index in [0.717, 1.165) is 12.1 Å². The van der Waals surface area contributed by atoms with Gasteiger partial charge in [0.2, 0.25) is 0 Å². The lowest BCUT2D eigenvalue weighted by Gasteiger charge is -2.07. The predicted octanol–water partition coefficient (Wildman–Crippen LogP) is 3.02. The summed E-state index contributed by atoms with van der Waals surface area (Å²) in [4.78, 5) is 11.9. The molecule has 0 atom stereocenters. The summed E-state index contributed by atoms with van der Waals surface area (Å²) in [6.07, 6.45) is 0. The molecular weight excluding hydrogens is 271 g/mol. The molecule has 0 spiro atoms. The summed E-state index contributed by atoms with van der Waals surface area (Å²) >= 11 is 5.75. The summed E-state index contributed by atoms with van der Waals surface area (Å²) < 4.78 is 13.1. The van der Waals surface area contributed by atoms with Crippen molar-refractivity contribution in [2.45, 2.75) is 0 Å². The van der Waals surface area contributed by atoms with Crippen molar-refractivity contribution in [2.24, 2.45) is 0 Å². The van der Waals surface area contributed by atoms with Crippen LogP contribution in [0.25, 0.3) is 0 Å². The minimum Gasteiger partial charge on any atom is -0.505 e. The van der Waals surface area contributed by atoms with Gasteiger partial charge in [-0.25, -0.2) is 4.39 Å². The lowest BCUT2D eigenvalue weighted by molar-refractivity contribution is 0.102. The number of hydrogen-bond donors (Lipinski definition) is 3. The van der Waals surface area contributed by atoms with Gasteiger partial charge < -0.3 is 16.2 Å². The number of nitrogen functional groups attached to an aromatic ring is 1. The molecule has 0 aliphatic heterocycles. The van der Waals surface area contributed by atoms with E-state index in [0.29, 0.717) is 10.6 Å². The highest BCUT2D eigenvalue weighted by molar-refractivity contribution is 6.33. The van der Waals surface area contributed by atoms with Crippen LogP contribution in [0.5, 0.6) is 5.75 Å². The maximum atomic E-state index is 13.1. The summed E-state index contributed by atoms with van der Waals surface area (Å²) in [5.41, 5.74) is 6.41. The molecule has 98 valence electrons. The minimum absolute atomic E-state index is 0.230. The number of nitrogens with one attached hydrogen (secondary N) is 1.